The summed E-state index contributed by atoms with van der Waals surface area (Å²) in [5, 5.41) is 10.8. The summed E-state index contributed by atoms with van der Waals surface area (Å²) in [6.07, 6.45) is -0.714. The number of β-amino-alcohol motifs (C(OH)–C–C–N with tert-alkyl or cyclic N) is 1. The molecule has 0 aliphatic carbocycles. The van der Waals surface area contributed by atoms with Crippen molar-refractivity contribution in [3.05, 3.63) is 29.1 Å². The van der Waals surface area contributed by atoms with E-state index < -0.39 is 6.10 Å². The zero-order valence-electron chi connectivity index (χ0n) is 16.3. The van der Waals surface area contributed by atoms with Crippen LogP contribution in [0.25, 0.3) is 0 Å². The van der Waals surface area contributed by atoms with Gasteiger partial charge in [-0.3, -0.25) is 4.90 Å². The van der Waals surface area contributed by atoms with Crippen LogP contribution in [0.1, 0.15) is 36.0 Å². The minimum atomic E-state index is -0.714. The quantitative estimate of drug-likeness (QED) is 0.796. The summed E-state index contributed by atoms with van der Waals surface area (Å²) in [7, 11) is 6.91. The Kier molecular flexibility index (Phi) is 5.33. The minimum absolute atomic E-state index is 0.173. The van der Waals surface area contributed by atoms with Crippen molar-refractivity contribution >= 4 is 11.9 Å². The van der Waals surface area contributed by atoms with Gasteiger partial charge in [-0.25, -0.2) is 0 Å². The first-order valence-corrected chi connectivity index (χ1v) is 8.70. The third-order valence-corrected chi connectivity index (χ3v) is 4.80. The van der Waals surface area contributed by atoms with E-state index in [0.29, 0.717) is 36.4 Å². The van der Waals surface area contributed by atoms with Crippen LogP contribution in [0.15, 0.2) is 12.1 Å². The Morgan fingerprint density at radius 3 is 2.48 bits per heavy atom. The molecule has 2 heterocycles. The van der Waals surface area contributed by atoms with Gasteiger partial charge in [0.25, 0.3) is 0 Å². The molecule has 0 unspecified atom stereocenters. The molecule has 0 amide bonds. The average Bonchev–Trinajstić information content (AvgIpc) is 2.65. The van der Waals surface area contributed by atoms with Crippen LogP contribution in [0, 0.1) is 0 Å². The topological polar surface area (TPSA) is 110 Å². The SMILES string of the molecule is COc1ccc(OC)c2c1CN([C@@H](C)c1nc(N)nc(N(C)C)n1)C[C@@H]2O. The highest BCUT2D eigenvalue weighted by atomic mass is 16.5. The molecule has 27 heavy (non-hydrogen) atoms. The molecule has 9 heteroatoms. The maximum absolute atomic E-state index is 10.8. The van der Waals surface area contributed by atoms with E-state index in [2.05, 4.69) is 19.9 Å². The molecule has 2 atom stereocenters. The van der Waals surface area contributed by atoms with Crippen LogP contribution in [-0.4, -0.2) is 59.8 Å². The number of hydrogen-bond donors (Lipinski definition) is 2. The number of nitrogens with zero attached hydrogens (tertiary/aromatic N) is 5. The number of nitrogens with two attached hydrogens (primary N) is 1. The van der Waals surface area contributed by atoms with Crippen molar-refractivity contribution in [3.63, 3.8) is 0 Å². The number of rotatable bonds is 5. The lowest BCUT2D eigenvalue weighted by atomic mass is 9.94. The Morgan fingerprint density at radius 2 is 1.85 bits per heavy atom. The van der Waals surface area contributed by atoms with Crippen LogP contribution < -0.4 is 20.1 Å². The molecular weight excluding hydrogens is 348 g/mol. The average molecular weight is 374 g/mol. The van der Waals surface area contributed by atoms with Gasteiger partial charge in [-0.2, -0.15) is 15.0 Å². The highest BCUT2D eigenvalue weighted by Crippen LogP contribution is 2.41. The summed E-state index contributed by atoms with van der Waals surface area (Å²) in [6, 6.07) is 3.49. The number of methoxy groups -OCH3 is 2. The van der Waals surface area contributed by atoms with Gasteiger partial charge in [-0.05, 0) is 19.1 Å². The molecule has 0 saturated carbocycles. The predicted molar refractivity (Wildman–Crippen MR) is 102 cm³/mol. The fourth-order valence-electron chi connectivity index (χ4n) is 3.34. The minimum Gasteiger partial charge on any atom is -0.496 e. The summed E-state index contributed by atoms with van der Waals surface area (Å²) in [4.78, 5) is 16.8. The Bertz CT molecular complexity index is 829. The molecule has 1 aliphatic rings. The molecule has 0 radical (unpaired) electrons. The molecule has 0 spiro atoms. The summed E-state index contributed by atoms with van der Waals surface area (Å²) >= 11 is 0. The van der Waals surface area contributed by atoms with E-state index in [-0.39, 0.29) is 12.0 Å². The van der Waals surface area contributed by atoms with Crippen LogP contribution in [0.3, 0.4) is 0 Å². The maximum atomic E-state index is 10.8. The number of aliphatic hydroxyl groups is 1. The van der Waals surface area contributed by atoms with Crippen molar-refractivity contribution in [2.24, 2.45) is 0 Å². The lowest BCUT2D eigenvalue weighted by Crippen LogP contribution is -2.37. The molecular formula is C18H26N6O3. The zero-order chi connectivity index (χ0) is 19.7. The summed E-state index contributed by atoms with van der Waals surface area (Å²) in [5.74, 6) is 2.61. The van der Waals surface area contributed by atoms with Gasteiger partial charge < -0.3 is 25.2 Å². The van der Waals surface area contributed by atoms with Gasteiger partial charge in [0.2, 0.25) is 11.9 Å². The fraction of sp³-hybridized carbons (Fsp3) is 0.500. The van der Waals surface area contributed by atoms with E-state index in [1.54, 1.807) is 19.1 Å². The van der Waals surface area contributed by atoms with Gasteiger partial charge >= 0.3 is 0 Å². The Balaban J connectivity index is 1.97. The molecule has 146 valence electrons. The second kappa shape index (κ2) is 7.53. The van der Waals surface area contributed by atoms with Crippen LogP contribution in [0.4, 0.5) is 11.9 Å². The second-order valence-corrected chi connectivity index (χ2v) is 6.73. The van der Waals surface area contributed by atoms with Gasteiger partial charge in [0.1, 0.15) is 11.5 Å². The highest BCUT2D eigenvalue weighted by molar-refractivity contribution is 5.51. The second-order valence-electron chi connectivity index (χ2n) is 6.73. The predicted octanol–water partition coefficient (Wildman–Crippen LogP) is 1.15. The van der Waals surface area contributed by atoms with Crippen molar-refractivity contribution < 1.29 is 14.6 Å². The molecule has 1 aromatic carbocycles. The zero-order valence-corrected chi connectivity index (χ0v) is 16.3. The van der Waals surface area contributed by atoms with E-state index >= 15 is 0 Å². The van der Waals surface area contributed by atoms with Gasteiger partial charge in [0.05, 0.1) is 26.4 Å². The van der Waals surface area contributed by atoms with Crippen molar-refractivity contribution in [1.29, 1.82) is 0 Å². The molecule has 0 bridgehead atoms. The van der Waals surface area contributed by atoms with Crippen LogP contribution in [0.2, 0.25) is 0 Å². The molecule has 2 aromatic rings. The molecule has 1 aromatic heterocycles. The molecule has 9 nitrogen and oxygen atoms in total. The van der Waals surface area contributed by atoms with E-state index in [0.717, 1.165) is 11.1 Å². The smallest absolute Gasteiger partial charge is 0.229 e. The molecule has 0 fully saturated rings. The van der Waals surface area contributed by atoms with Gasteiger partial charge in [-0.15, -0.1) is 0 Å². The normalized spacial score (nSPS) is 17.9. The third kappa shape index (κ3) is 3.60. The Morgan fingerprint density at radius 1 is 1.19 bits per heavy atom. The molecule has 3 N–H and O–H groups in total. The van der Waals surface area contributed by atoms with E-state index in [1.807, 2.05) is 33.2 Å². The lowest BCUT2D eigenvalue weighted by Gasteiger charge is -2.36. The van der Waals surface area contributed by atoms with Crippen molar-refractivity contribution in [2.45, 2.75) is 25.6 Å². The summed E-state index contributed by atoms with van der Waals surface area (Å²) in [6.45, 7) is 2.97. The highest BCUT2D eigenvalue weighted by Gasteiger charge is 2.33. The first-order valence-electron chi connectivity index (χ1n) is 8.70. The summed E-state index contributed by atoms with van der Waals surface area (Å²) < 4.78 is 10.9. The first kappa shape index (κ1) is 19.1. The number of hydrogen-bond acceptors (Lipinski definition) is 9. The van der Waals surface area contributed by atoms with Crippen molar-refractivity contribution in [3.8, 4) is 11.5 Å². The van der Waals surface area contributed by atoms with Gasteiger partial charge in [0.15, 0.2) is 5.82 Å². The maximum Gasteiger partial charge on any atom is 0.229 e. The number of ether oxygens (including phenoxy) is 2. The van der Waals surface area contributed by atoms with Crippen LogP contribution in [-0.2, 0) is 6.54 Å². The number of aliphatic hydroxyl groups excluding tert-OH is 1. The standard InChI is InChI=1S/C18H26N6O3/c1-10(16-20-17(19)22-18(21-16)23(2)3)24-8-11-13(26-4)6-7-14(27-5)15(11)12(25)9-24/h6-7,10,12,25H,8-9H2,1-5H3,(H2,19,20,21,22)/t10-,12-/m0/s1. The number of fused-ring (bicyclic) bond motifs is 1. The first-order chi connectivity index (χ1) is 12.8. The van der Waals surface area contributed by atoms with E-state index in [4.69, 9.17) is 15.2 Å². The number of aromatic nitrogens is 3. The largest absolute Gasteiger partial charge is 0.496 e. The van der Waals surface area contributed by atoms with Gasteiger partial charge in [0, 0.05) is 38.3 Å². The Labute approximate surface area is 158 Å². The molecule has 0 saturated heterocycles. The van der Waals surface area contributed by atoms with Crippen LogP contribution in [0.5, 0.6) is 11.5 Å². The third-order valence-electron chi connectivity index (χ3n) is 4.80. The fourth-order valence-corrected chi connectivity index (χ4v) is 3.34. The van der Waals surface area contributed by atoms with Gasteiger partial charge in [-0.1, -0.05) is 0 Å². The van der Waals surface area contributed by atoms with E-state index in [9.17, 15) is 5.11 Å². The Hall–Kier alpha value is -2.65. The van der Waals surface area contributed by atoms with Crippen molar-refractivity contribution in [2.75, 3.05) is 45.5 Å². The van der Waals surface area contributed by atoms with Crippen LogP contribution >= 0.6 is 0 Å². The monoisotopic (exact) mass is 374 g/mol. The lowest BCUT2D eigenvalue weighted by molar-refractivity contribution is 0.0639. The number of nitrogen functional groups attached to an aromatic ring is 1. The molecule has 3 rings (SSSR count). The van der Waals surface area contributed by atoms with E-state index in [1.165, 1.54) is 0 Å². The number of anilines is 2. The summed E-state index contributed by atoms with van der Waals surface area (Å²) in [5.41, 5.74) is 7.53. The van der Waals surface area contributed by atoms with Crippen molar-refractivity contribution in [1.82, 2.24) is 19.9 Å². The number of benzene rings is 1. The molecule has 1 aliphatic heterocycles.